The summed E-state index contributed by atoms with van der Waals surface area (Å²) in [5.74, 6) is -0.0262. The third-order valence-electron chi connectivity index (χ3n) is 13.1. The molecule has 0 saturated heterocycles. The molecule has 0 saturated carbocycles. The van der Waals surface area contributed by atoms with Crippen molar-refractivity contribution in [2.24, 2.45) is 22.1 Å². The Bertz CT molecular complexity index is 2580. The highest BCUT2D eigenvalue weighted by atomic mass is 16.7. The average Bonchev–Trinajstić information content (AvgIpc) is 3.62. The van der Waals surface area contributed by atoms with E-state index in [4.69, 9.17) is 9.68 Å². The number of aromatic nitrogens is 1. The van der Waals surface area contributed by atoms with Crippen molar-refractivity contribution in [3.05, 3.63) is 115 Å². The standard InChI is InChI=1S/C54H69N5O8/c1-8-12-18-40(10-3)23-25-42-26-28-45(58(62)63)34-49(42)48-32-43(24-22-37(48)5)51(55-66-38(6)60)20-16-14-15-17-21-52(56-67-39(7)61)44-27-30-47-50-35-46(59(64)65)29-31-53(50)57(54(47)33-44)36-41(11-4)19-13-9-2/h22,24,26-35,40-41H,8-21,23,25,36H2,1-7H3/b55-51+,56-52-. The molecule has 4 aromatic carbocycles. The molecule has 0 fully saturated rings. The Hall–Kier alpha value is -6.24. The molecule has 0 aliphatic carbocycles. The summed E-state index contributed by atoms with van der Waals surface area (Å²) in [4.78, 5) is 57.5. The topological polar surface area (TPSA) is 169 Å². The highest BCUT2D eigenvalue weighted by Gasteiger charge is 2.21. The fraction of sp³-hybridized carbons (Fsp3) is 0.481. The van der Waals surface area contributed by atoms with Gasteiger partial charge in [-0.25, -0.2) is 9.59 Å². The number of carbonyl (C=O) groups excluding carboxylic acids is 2. The van der Waals surface area contributed by atoms with Crippen LogP contribution >= 0.6 is 0 Å². The number of non-ortho nitro benzene ring substituents is 2. The van der Waals surface area contributed by atoms with E-state index in [1.807, 2.05) is 49.4 Å². The lowest BCUT2D eigenvalue weighted by molar-refractivity contribution is -0.384. The van der Waals surface area contributed by atoms with Crippen LogP contribution in [-0.2, 0) is 32.2 Å². The van der Waals surface area contributed by atoms with Gasteiger partial charge in [-0.05, 0) is 110 Å². The first kappa shape index (κ1) is 51.7. The zero-order chi connectivity index (χ0) is 48.5. The van der Waals surface area contributed by atoms with E-state index >= 15 is 0 Å². The van der Waals surface area contributed by atoms with Crippen molar-refractivity contribution in [2.45, 2.75) is 158 Å². The van der Waals surface area contributed by atoms with Gasteiger partial charge in [0.05, 0.1) is 21.3 Å². The van der Waals surface area contributed by atoms with E-state index in [9.17, 15) is 29.8 Å². The van der Waals surface area contributed by atoms with Gasteiger partial charge in [0.15, 0.2) is 0 Å². The Balaban J connectivity index is 1.35. The summed E-state index contributed by atoms with van der Waals surface area (Å²) >= 11 is 0. The summed E-state index contributed by atoms with van der Waals surface area (Å²) in [6.07, 6.45) is 15.0. The SMILES string of the molecule is CCCCC(CC)CCc1ccc([N+](=O)[O-])cc1-c1cc(/C(CCCCCC/C(=N/OC(C)=O)c2ccc3c4cc([N+](=O)[O-])ccc4n(CC(CC)CCCC)c3c2)=N/OC(C)=O)ccc1C. The first-order valence-corrected chi connectivity index (χ1v) is 24.4. The third kappa shape index (κ3) is 14.4. The van der Waals surface area contributed by atoms with Gasteiger partial charge in [-0.3, -0.25) is 20.2 Å². The van der Waals surface area contributed by atoms with Crippen LogP contribution in [0, 0.1) is 39.0 Å². The van der Waals surface area contributed by atoms with Crippen LogP contribution in [0.25, 0.3) is 32.9 Å². The Morgan fingerprint density at radius 2 is 1.18 bits per heavy atom. The quantitative estimate of drug-likeness (QED) is 0.0165. The molecule has 0 bridgehead atoms. The van der Waals surface area contributed by atoms with Crippen LogP contribution in [0.5, 0.6) is 0 Å². The van der Waals surface area contributed by atoms with Crippen LogP contribution < -0.4 is 0 Å². The number of nitro groups is 2. The molecule has 13 nitrogen and oxygen atoms in total. The fourth-order valence-corrected chi connectivity index (χ4v) is 9.06. The molecule has 1 aromatic heterocycles. The van der Waals surface area contributed by atoms with Gasteiger partial charge < -0.3 is 14.2 Å². The maximum Gasteiger partial charge on any atom is 0.331 e. The van der Waals surface area contributed by atoms with Gasteiger partial charge in [-0.15, -0.1) is 0 Å². The zero-order valence-electron chi connectivity index (χ0n) is 40.6. The molecule has 1 heterocycles. The summed E-state index contributed by atoms with van der Waals surface area (Å²) in [7, 11) is 0. The molecule has 0 spiro atoms. The van der Waals surface area contributed by atoms with E-state index in [0.717, 1.165) is 139 Å². The molecular weight excluding hydrogens is 847 g/mol. The molecule has 13 heteroatoms. The summed E-state index contributed by atoms with van der Waals surface area (Å²) in [6, 6.07) is 22.2. The van der Waals surface area contributed by atoms with Crippen molar-refractivity contribution in [3.8, 4) is 11.1 Å². The number of nitro benzene ring substituents is 2. The largest absolute Gasteiger partial charge is 0.340 e. The van der Waals surface area contributed by atoms with Crippen LogP contribution in [0.3, 0.4) is 0 Å². The monoisotopic (exact) mass is 916 g/mol. The predicted molar refractivity (Wildman–Crippen MR) is 269 cm³/mol. The number of hydrogen-bond acceptors (Lipinski definition) is 10. The Labute approximate surface area is 395 Å². The average molecular weight is 916 g/mol. The van der Waals surface area contributed by atoms with E-state index in [0.29, 0.717) is 36.1 Å². The Morgan fingerprint density at radius 3 is 1.76 bits per heavy atom. The van der Waals surface area contributed by atoms with Gasteiger partial charge in [0.1, 0.15) is 0 Å². The molecule has 358 valence electrons. The first-order chi connectivity index (χ1) is 32.3. The number of hydrogen-bond donors (Lipinski definition) is 0. The zero-order valence-corrected chi connectivity index (χ0v) is 40.6. The minimum atomic E-state index is -0.527. The minimum absolute atomic E-state index is 0.0383. The van der Waals surface area contributed by atoms with E-state index in [1.54, 1.807) is 24.3 Å². The molecule has 2 atom stereocenters. The van der Waals surface area contributed by atoms with Gasteiger partial charge in [0.25, 0.3) is 11.4 Å². The van der Waals surface area contributed by atoms with Crippen molar-refractivity contribution >= 4 is 56.5 Å². The minimum Gasteiger partial charge on any atom is -0.340 e. The maximum atomic E-state index is 12.0. The molecule has 0 amide bonds. The number of fused-ring (bicyclic) bond motifs is 3. The van der Waals surface area contributed by atoms with Crippen molar-refractivity contribution in [3.63, 3.8) is 0 Å². The molecule has 5 rings (SSSR count). The van der Waals surface area contributed by atoms with Crippen LogP contribution in [-0.4, -0.2) is 37.8 Å². The van der Waals surface area contributed by atoms with Gasteiger partial charge in [0.2, 0.25) is 0 Å². The molecule has 67 heavy (non-hydrogen) atoms. The highest BCUT2D eigenvalue weighted by Crippen LogP contribution is 2.36. The highest BCUT2D eigenvalue weighted by molar-refractivity contribution is 6.12. The second-order valence-corrected chi connectivity index (χ2v) is 18.0. The van der Waals surface area contributed by atoms with Crippen molar-refractivity contribution in [2.75, 3.05) is 0 Å². The van der Waals surface area contributed by atoms with Crippen LogP contribution in [0.15, 0.2) is 83.1 Å². The summed E-state index contributed by atoms with van der Waals surface area (Å²) in [5.41, 5.74) is 8.57. The normalized spacial score (nSPS) is 12.9. The molecular formula is C54H69N5O8. The van der Waals surface area contributed by atoms with Crippen molar-refractivity contribution in [1.82, 2.24) is 4.57 Å². The number of unbranched alkanes of at least 4 members (excludes halogenated alkanes) is 5. The van der Waals surface area contributed by atoms with E-state index in [2.05, 4.69) is 48.6 Å². The lowest BCUT2D eigenvalue weighted by atomic mass is 9.87. The number of carbonyl (C=O) groups is 2. The van der Waals surface area contributed by atoms with E-state index in [-0.39, 0.29) is 21.2 Å². The van der Waals surface area contributed by atoms with Gasteiger partial charge in [-0.2, -0.15) is 0 Å². The fourth-order valence-electron chi connectivity index (χ4n) is 9.06. The third-order valence-corrected chi connectivity index (χ3v) is 13.1. The van der Waals surface area contributed by atoms with Crippen molar-refractivity contribution in [1.29, 1.82) is 0 Å². The second kappa shape index (κ2) is 25.6. The van der Waals surface area contributed by atoms with Crippen LogP contribution in [0.4, 0.5) is 11.4 Å². The summed E-state index contributed by atoms with van der Waals surface area (Å²) in [5, 5.41) is 34.1. The summed E-state index contributed by atoms with van der Waals surface area (Å²) in [6.45, 7) is 14.2. The smallest absolute Gasteiger partial charge is 0.331 e. The molecule has 0 aliphatic rings. The van der Waals surface area contributed by atoms with Crippen LogP contribution in [0.2, 0.25) is 0 Å². The lowest BCUT2D eigenvalue weighted by Gasteiger charge is -2.18. The van der Waals surface area contributed by atoms with E-state index in [1.165, 1.54) is 26.7 Å². The number of aryl methyl sites for hydroxylation is 2. The number of nitrogens with zero attached hydrogens (tertiary/aromatic N) is 5. The molecule has 0 N–H and O–H groups in total. The van der Waals surface area contributed by atoms with Crippen LogP contribution in [0.1, 0.15) is 160 Å². The molecule has 0 aliphatic heterocycles. The molecule has 5 aromatic rings. The number of rotatable bonds is 27. The number of benzene rings is 4. The molecule has 0 radical (unpaired) electrons. The van der Waals surface area contributed by atoms with Gasteiger partial charge in [0, 0.05) is 72.0 Å². The predicted octanol–water partition coefficient (Wildman–Crippen LogP) is 14.5. The Kier molecular flexibility index (Phi) is 19.8. The number of oxime groups is 2. The Morgan fingerprint density at radius 1 is 0.612 bits per heavy atom. The first-order valence-electron chi connectivity index (χ1n) is 24.4. The molecule has 2 unspecified atom stereocenters. The lowest BCUT2D eigenvalue weighted by Crippen LogP contribution is -2.10. The maximum absolute atomic E-state index is 12.0. The van der Waals surface area contributed by atoms with E-state index < -0.39 is 11.9 Å². The van der Waals surface area contributed by atoms with Gasteiger partial charge in [-0.1, -0.05) is 126 Å². The second-order valence-electron chi connectivity index (χ2n) is 18.0. The summed E-state index contributed by atoms with van der Waals surface area (Å²) < 4.78 is 2.27. The van der Waals surface area contributed by atoms with Crippen molar-refractivity contribution < 1.29 is 29.1 Å². The van der Waals surface area contributed by atoms with Gasteiger partial charge >= 0.3 is 11.9 Å².